The van der Waals surface area contributed by atoms with E-state index in [0.717, 1.165) is 38.9 Å². The molecule has 0 saturated heterocycles. The van der Waals surface area contributed by atoms with Crippen molar-refractivity contribution in [3.63, 3.8) is 0 Å². The molecule has 46 heavy (non-hydrogen) atoms. The van der Waals surface area contributed by atoms with E-state index in [4.69, 9.17) is 15.0 Å². The molecule has 0 aliphatic heterocycles. The van der Waals surface area contributed by atoms with E-state index >= 15 is 0 Å². The number of rotatable bonds is 6. The van der Waals surface area contributed by atoms with Crippen LogP contribution in [0, 0.1) is 0 Å². The molecule has 0 fully saturated rings. The van der Waals surface area contributed by atoms with Gasteiger partial charge in [0, 0.05) is 34.6 Å². The molecule has 0 atom stereocenters. The molecule has 0 saturated carbocycles. The van der Waals surface area contributed by atoms with Gasteiger partial charge in [-0.1, -0.05) is 152 Å². The van der Waals surface area contributed by atoms with Crippen LogP contribution in [0.2, 0.25) is 0 Å². The predicted molar refractivity (Wildman–Crippen MR) is 188 cm³/mol. The van der Waals surface area contributed by atoms with Gasteiger partial charge in [0.2, 0.25) is 0 Å². The smallest absolute Gasteiger partial charge is 0.164 e. The summed E-state index contributed by atoms with van der Waals surface area (Å²) in [4.78, 5) is 19.4. The quantitative estimate of drug-likeness (QED) is 0.194. The minimum atomic E-state index is 0.634. The molecule has 2 aromatic heterocycles. The van der Waals surface area contributed by atoms with Crippen molar-refractivity contribution >= 4 is 10.8 Å². The number of pyridine rings is 1. The fourth-order valence-corrected chi connectivity index (χ4v) is 6.01. The Balaban J connectivity index is 1.23. The van der Waals surface area contributed by atoms with Crippen molar-refractivity contribution in [3.05, 3.63) is 170 Å². The second kappa shape index (κ2) is 12.0. The number of benzene rings is 6. The summed E-state index contributed by atoms with van der Waals surface area (Å²) in [5.41, 5.74) is 9.62. The normalized spacial score (nSPS) is 11.0. The zero-order chi connectivity index (χ0) is 30.7. The predicted octanol–water partition coefficient (Wildman–Crippen LogP) is 10.4. The first-order chi connectivity index (χ1) is 22.8. The van der Waals surface area contributed by atoms with Crippen LogP contribution in [-0.2, 0) is 0 Å². The van der Waals surface area contributed by atoms with Crippen LogP contribution < -0.4 is 0 Å². The van der Waals surface area contributed by atoms with E-state index in [-0.39, 0.29) is 0 Å². The van der Waals surface area contributed by atoms with Gasteiger partial charge in [-0.2, -0.15) is 0 Å². The average Bonchev–Trinajstić information content (AvgIpc) is 3.15. The van der Waals surface area contributed by atoms with Crippen LogP contribution in [0.4, 0.5) is 0 Å². The molecule has 2 heterocycles. The molecular weight excluding hydrogens is 560 g/mol. The van der Waals surface area contributed by atoms with E-state index in [0.29, 0.717) is 17.5 Å². The van der Waals surface area contributed by atoms with Crippen LogP contribution in [0.5, 0.6) is 0 Å². The molecule has 0 unspecified atom stereocenters. The number of nitrogens with zero attached hydrogens (tertiary/aromatic N) is 4. The highest BCUT2D eigenvalue weighted by atomic mass is 15.0. The number of aromatic nitrogens is 4. The maximum atomic E-state index is 5.05. The van der Waals surface area contributed by atoms with Gasteiger partial charge in [-0.15, -0.1) is 0 Å². The second-order valence-electron chi connectivity index (χ2n) is 11.1. The van der Waals surface area contributed by atoms with Gasteiger partial charge in [0.25, 0.3) is 0 Å². The van der Waals surface area contributed by atoms with E-state index in [1.165, 1.54) is 21.9 Å². The number of hydrogen-bond donors (Lipinski definition) is 0. The maximum absolute atomic E-state index is 5.05. The van der Waals surface area contributed by atoms with Crippen LogP contribution in [0.25, 0.3) is 78.3 Å². The highest BCUT2D eigenvalue weighted by Gasteiger charge is 2.16. The lowest BCUT2D eigenvalue weighted by molar-refractivity contribution is 1.07. The Kier molecular flexibility index (Phi) is 7.14. The molecule has 6 aromatic carbocycles. The summed E-state index contributed by atoms with van der Waals surface area (Å²) in [6.07, 6.45) is 3.73. The average molecular weight is 589 g/mol. The van der Waals surface area contributed by atoms with Gasteiger partial charge < -0.3 is 0 Å². The SMILES string of the molecule is c1ccc(-c2nc(-c3ccc(-c4ccc(-c5cccnc5)c5ccccc45)cc3)nc(-c3ccccc3-c3ccccc3)n2)cc1. The molecule has 216 valence electrons. The Hall–Kier alpha value is -6.26. The molecular formula is C42H28N4. The maximum Gasteiger partial charge on any atom is 0.164 e. The lowest BCUT2D eigenvalue weighted by Gasteiger charge is -2.13. The van der Waals surface area contributed by atoms with Crippen molar-refractivity contribution in [1.82, 2.24) is 19.9 Å². The molecule has 0 N–H and O–H groups in total. The summed E-state index contributed by atoms with van der Waals surface area (Å²) >= 11 is 0. The summed E-state index contributed by atoms with van der Waals surface area (Å²) < 4.78 is 0. The van der Waals surface area contributed by atoms with Gasteiger partial charge >= 0.3 is 0 Å². The van der Waals surface area contributed by atoms with Gasteiger partial charge in [-0.05, 0) is 44.7 Å². The lowest BCUT2D eigenvalue weighted by atomic mass is 9.92. The van der Waals surface area contributed by atoms with Crippen molar-refractivity contribution in [1.29, 1.82) is 0 Å². The monoisotopic (exact) mass is 588 g/mol. The van der Waals surface area contributed by atoms with Gasteiger partial charge in [-0.25, -0.2) is 15.0 Å². The van der Waals surface area contributed by atoms with E-state index in [1.807, 2.05) is 60.9 Å². The van der Waals surface area contributed by atoms with E-state index in [9.17, 15) is 0 Å². The van der Waals surface area contributed by atoms with Crippen molar-refractivity contribution in [2.24, 2.45) is 0 Å². The standard InChI is InChI=1S/C42H28N4/c1-3-12-29(13-4-1)34-17-7-10-20-39(34)42-45-40(31-14-5-2-6-15-31)44-41(46-42)32-23-21-30(22-24-32)35-25-26-36(33-16-11-27-43-28-33)38-19-9-8-18-37(35)38/h1-28H. The third-order valence-electron chi connectivity index (χ3n) is 8.27. The molecule has 4 heteroatoms. The zero-order valence-electron chi connectivity index (χ0n) is 25.0. The first-order valence-electron chi connectivity index (χ1n) is 15.3. The van der Waals surface area contributed by atoms with Gasteiger partial charge in [0.1, 0.15) is 0 Å². The third kappa shape index (κ3) is 5.23. The Morgan fingerprint density at radius 1 is 0.283 bits per heavy atom. The summed E-state index contributed by atoms with van der Waals surface area (Å²) in [5.74, 6) is 1.92. The molecule has 0 radical (unpaired) electrons. The Morgan fingerprint density at radius 3 is 1.37 bits per heavy atom. The Bertz CT molecular complexity index is 2280. The lowest BCUT2D eigenvalue weighted by Crippen LogP contribution is -2.01. The minimum absolute atomic E-state index is 0.634. The molecule has 0 aliphatic carbocycles. The fraction of sp³-hybridized carbons (Fsp3) is 0. The summed E-state index contributed by atoms with van der Waals surface area (Å²) in [6, 6.07) is 54.3. The van der Waals surface area contributed by atoms with Crippen molar-refractivity contribution in [2.75, 3.05) is 0 Å². The molecule has 4 nitrogen and oxygen atoms in total. The first-order valence-corrected chi connectivity index (χ1v) is 15.3. The summed E-state index contributed by atoms with van der Waals surface area (Å²) in [7, 11) is 0. The van der Waals surface area contributed by atoms with Crippen molar-refractivity contribution in [2.45, 2.75) is 0 Å². The van der Waals surface area contributed by atoms with E-state index in [2.05, 4.69) is 114 Å². The Morgan fingerprint density at radius 2 is 0.739 bits per heavy atom. The van der Waals surface area contributed by atoms with Crippen LogP contribution >= 0.6 is 0 Å². The number of hydrogen-bond acceptors (Lipinski definition) is 4. The highest BCUT2D eigenvalue weighted by Crippen LogP contribution is 2.37. The molecule has 8 aromatic rings. The van der Waals surface area contributed by atoms with Gasteiger partial charge in [-0.3, -0.25) is 4.98 Å². The van der Waals surface area contributed by atoms with Crippen LogP contribution in [0.3, 0.4) is 0 Å². The highest BCUT2D eigenvalue weighted by molar-refractivity contribution is 6.05. The second-order valence-corrected chi connectivity index (χ2v) is 11.1. The van der Waals surface area contributed by atoms with Crippen molar-refractivity contribution < 1.29 is 0 Å². The van der Waals surface area contributed by atoms with Gasteiger partial charge in [0.15, 0.2) is 17.5 Å². The summed E-state index contributed by atoms with van der Waals surface area (Å²) in [6.45, 7) is 0. The third-order valence-corrected chi connectivity index (χ3v) is 8.27. The topological polar surface area (TPSA) is 51.6 Å². The van der Waals surface area contributed by atoms with Crippen LogP contribution in [0.1, 0.15) is 0 Å². The zero-order valence-corrected chi connectivity index (χ0v) is 25.0. The summed E-state index contributed by atoms with van der Waals surface area (Å²) in [5, 5.41) is 2.40. The molecule has 0 bridgehead atoms. The largest absolute Gasteiger partial charge is 0.264 e. The van der Waals surface area contributed by atoms with E-state index < -0.39 is 0 Å². The fourth-order valence-electron chi connectivity index (χ4n) is 6.01. The molecule has 8 rings (SSSR count). The molecule has 0 spiro atoms. The van der Waals surface area contributed by atoms with Gasteiger partial charge in [0.05, 0.1) is 0 Å². The molecule has 0 aliphatic rings. The number of fused-ring (bicyclic) bond motifs is 1. The van der Waals surface area contributed by atoms with E-state index in [1.54, 1.807) is 0 Å². The molecule has 0 amide bonds. The van der Waals surface area contributed by atoms with Crippen LogP contribution in [0.15, 0.2) is 170 Å². The Labute approximate surface area is 267 Å². The van der Waals surface area contributed by atoms with Crippen LogP contribution in [-0.4, -0.2) is 19.9 Å². The minimum Gasteiger partial charge on any atom is -0.264 e. The van der Waals surface area contributed by atoms with Crippen molar-refractivity contribution in [3.8, 4) is 67.5 Å². The first kappa shape index (κ1) is 27.3.